The Hall–Kier alpha value is -2.57. The Morgan fingerprint density at radius 2 is 2.00 bits per heavy atom. The van der Waals surface area contributed by atoms with Gasteiger partial charge in [-0.05, 0) is 51.6 Å². The van der Waals surface area contributed by atoms with E-state index < -0.39 is 5.60 Å². The van der Waals surface area contributed by atoms with Crippen molar-refractivity contribution < 1.29 is 9.53 Å². The molecule has 136 valence electrons. The SMILES string of the molecule is CC(C=Nc1cccnc1N1CCN(C(=O)OC(C)(C)C)CC1)=CN. The molecule has 2 heterocycles. The summed E-state index contributed by atoms with van der Waals surface area (Å²) < 4.78 is 5.43. The second-order valence-corrected chi connectivity index (χ2v) is 6.97. The Labute approximate surface area is 149 Å². The maximum Gasteiger partial charge on any atom is 0.410 e. The quantitative estimate of drug-likeness (QED) is 0.852. The highest BCUT2D eigenvalue weighted by Gasteiger charge is 2.26. The van der Waals surface area contributed by atoms with Crippen LogP contribution in [0.4, 0.5) is 16.3 Å². The molecule has 2 N–H and O–H groups in total. The molecular weight excluding hydrogens is 318 g/mol. The van der Waals surface area contributed by atoms with Gasteiger partial charge in [-0.25, -0.2) is 9.78 Å². The summed E-state index contributed by atoms with van der Waals surface area (Å²) in [5, 5.41) is 0. The van der Waals surface area contributed by atoms with Gasteiger partial charge in [0.2, 0.25) is 0 Å². The minimum absolute atomic E-state index is 0.268. The van der Waals surface area contributed by atoms with Gasteiger partial charge in [0, 0.05) is 38.6 Å². The first kappa shape index (κ1) is 18.8. The summed E-state index contributed by atoms with van der Waals surface area (Å²) in [6, 6.07) is 3.78. The van der Waals surface area contributed by atoms with Gasteiger partial charge >= 0.3 is 6.09 Å². The van der Waals surface area contributed by atoms with Crippen LogP contribution in [0.15, 0.2) is 35.1 Å². The summed E-state index contributed by atoms with van der Waals surface area (Å²) in [6.07, 6.45) is 4.71. The van der Waals surface area contributed by atoms with E-state index >= 15 is 0 Å². The van der Waals surface area contributed by atoms with Crippen LogP contribution in [0.25, 0.3) is 0 Å². The van der Waals surface area contributed by atoms with E-state index in [0.717, 1.165) is 17.1 Å². The summed E-state index contributed by atoms with van der Waals surface area (Å²) in [5.74, 6) is 0.812. The summed E-state index contributed by atoms with van der Waals surface area (Å²) in [6.45, 7) is 10.1. The minimum Gasteiger partial charge on any atom is -0.444 e. The first-order chi connectivity index (χ1) is 11.8. The number of aromatic nitrogens is 1. The van der Waals surface area contributed by atoms with Crippen molar-refractivity contribution in [3.8, 4) is 0 Å². The highest BCUT2D eigenvalue weighted by atomic mass is 16.6. The number of piperazine rings is 1. The molecule has 7 nitrogen and oxygen atoms in total. The molecule has 1 saturated heterocycles. The molecule has 0 atom stereocenters. The van der Waals surface area contributed by atoms with E-state index in [9.17, 15) is 4.79 Å². The number of anilines is 1. The maximum absolute atomic E-state index is 12.2. The van der Waals surface area contributed by atoms with Gasteiger partial charge in [-0.3, -0.25) is 4.99 Å². The summed E-state index contributed by atoms with van der Waals surface area (Å²) in [7, 11) is 0. The van der Waals surface area contributed by atoms with Gasteiger partial charge in [0.1, 0.15) is 11.3 Å². The lowest BCUT2D eigenvalue weighted by molar-refractivity contribution is 0.0240. The first-order valence-electron chi connectivity index (χ1n) is 8.40. The number of hydrogen-bond acceptors (Lipinski definition) is 6. The van der Waals surface area contributed by atoms with Crippen LogP contribution >= 0.6 is 0 Å². The predicted octanol–water partition coefficient (Wildman–Crippen LogP) is 2.70. The number of carbonyl (C=O) groups is 1. The smallest absolute Gasteiger partial charge is 0.410 e. The molecule has 0 unspecified atom stereocenters. The lowest BCUT2D eigenvalue weighted by Gasteiger charge is -2.36. The molecule has 0 saturated carbocycles. The Morgan fingerprint density at radius 3 is 2.60 bits per heavy atom. The van der Waals surface area contributed by atoms with Gasteiger partial charge in [-0.2, -0.15) is 0 Å². The third-order valence-corrected chi connectivity index (χ3v) is 3.67. The van der Waals surface area contributed by atoms with Crippen molar-refractivity contribution >= 4 is 23.8 Å². The zero-order chi connectivity index (χ0) is 18.4. The molecule has 1 aromatic heterocycles. The van der Waals surface area contributed by atoms with Gasteiger partial charge in [-0.15, -0.1) is 0 Å². The number of hydrogen-bond donors (Lipinski definition) is 1. The lowest BCUT2D eigenvalue weighted by atomic mass is 10.2. The van der Waals surface area contributed by atoms with Crippen LogP contribution in [0.3, 0.4) is 0 Å². The molecule has 0 radical (unpaired) electrons. The van der Waals surface area contributed by atoms with Crippen LogP contribution < -0.4 is 10.6 Å². The second-order valence-electron chi connectivity index (χ2n) is 6.97. The standard InChI is InChI=1S/C18H27N5O2/c1-14(12-19)13-21-15-6-5-7-20-16(15)22-8-10-23(11-9-22)17(24)25-18(2,3)4/h5-7,12-13H,8-11,19H2,1-4H3. The fourth-order valence-corrected chi connectivity index (χ4v) is 2.37. The Morgan fingerprint density at radius 1 is 1.32 bits per heavy atom. The molecule has 0 aromatic carbocycles. The molecule has 7 heteroatoms. The van der Waals surface area contributed by atoms with Crippen LogP contribution in [-0.4, -0.2) is 54.0 Å². The zero-order valence-electron chi connectivity index (χ0n) is 15.4. The summed E-state index contributed by atoms with van der Waals surface area (Å²) >= 11 is 0. The molecule has 1 aliphatic heterocycles. The number of carbonyl (C=O) groups excluding carboxylic acids is 1. The second kappa shape index (κ2) is 8.00. The van der Waals surface area contributed by atoms with Crippen LogP contribution in [-0.2, 0) is 4.74 Å². The molecule has 25 heavy (non-hydrogen) atoms. The van der Waals surface area contributed by atoms with Crippen molar-refractivity contribution in [3.05, 3.63) is 30.1 Å². The van der Waals surface area contributed by atoms with E-state index in [1.165, 1.54) is 6.20 Å². The fraction of sp³-hybridized carbons (Fsp3) is 0.500. The number of nitrogens with zero attached hydrogens (tertiary/aromatic N) is 4. The normalized spacial score (nSPS) is 16.4. The van der Waals surface area contributed by atoms with E-state index in [1.54, 1.807) is 17.3 Å². The number of aliphatic imine (C=N–C) groups is 1. The monoisotopic (exact) mass is 345 g/mol. The average Bonchev–Trinajstić information content (AvgIpc) is 2.58. The van der Waals surface area contributed by atoms with E-state index in [-0.39, 0.29) is 6.09 Å². The number of allylic oxidation sites excluding steroid dienone is 1. The molecule has 0 spiro atoms. The van der Waals surface area contributed by atoms with Crippen molar-refractivity contribution in [2.24, 2.45) is 10.7 Å². The molecule has 1 fully saturated rings. The molecule has 2 rings (SSSR count). The van der Waals surface area contributed by atoms with Gasteiger partial charge in [0.05, 0.1) is 0 Å². The highest BCUT2D eigenvalue weighted by Crippen LogP contribution is 2.26. The molecule has 0 aliphatic carbocycles. The lowest BCUT2D eigenvalue weighted by Crippen LogP contribution is -2.50. The Bertz CT molecular complexity index is 656. The van der Waals surface area contributed by atoms with Gasteiger partial charge in [0.25, 0.3) is 0 Å². The fourth-order valence-electron chi connectivity index (χ4n) is 2.37. The molecule has 1 aromatic rings. The minimum atomic E-state index is -0.481. The third-order valence-electron chi connectivity index (χ3n) is 3.67. The number of ether oxygens (including phenoxy) is 1. The third kappa shape index (κ3) is 5.48. The van der Waals surface area contributed by atoms with E-state index in [2.05, 4.69) is 14.9 Å². The van der Waals surface area contributed by atoms with Crippen LogP contribution in [0.5, 0.6) is 0 Å². The maximum atomic E-state index is 12.2. The van der Waals surface area contributed by atoms with Crippen LogP contribution in [0.1, 0.15) is 27.7 Å². The topological polar surface area (TPSA) is 84.0 Å². The van der Waals surface area contributed by atoms with Gasteiger partial charge in [-0.1, -0.05) is 0 Å². The van der Waals surface area contributed by atoms with E-state index in [0.29, 0.717) is 26.2 Å². The van der Waals surface area contributed by atoms with Crippen molar-refractivity contribution in [1.82, 2.24) is 9.88 Å². The number of amides is 1. The number of rotatable bonds is 3. The van der Waals surface area contributed by atoms with Crippen molar-refractivity contribution in [1.29, 1.82) is 0 Å². The summed E-state index contributed by atoms with van der Waals surface area (Å²) in [4.78, 5) is 25.0. The summed E-state index contributed by atoms with van der Waals surface area (Å²) in [5.41, 5.74) is 6.66. The van der Waals surface area contributed by atoms with Crippen molar-refractivity contribution in [3.63, 3.8) is 0 Å². The van der Waals surface area contributed by atoms with E-state index in [4.69, 9.17) is 10.5 Å². The molecule has 0 bridgehead atoms. The molecular formula is C18H27N5O2. The largest absolute Gasteiger partial charge is 0.444 e. The Kier molecular flexibility index (Phi) is 6.01. The Balaban J connectivity index is 2.04. The first-order valence-corrected chi connectivity index (χ1v) is 8.40. The predicted molar refractivity (Wildman–Crippen MR) is 100 cm³/mol. The number of pyridine rings is 1. The average molecular weight is 345 g/mol. The van der Waals surface area contributed by atoms with Crippen LogP contribution in [0.2, 0.25) is 0 Å². The van der Waals surface area contributed by atoms with Crippen molar-refractivity contribution in [2.75, 3.05) is 31.1 Å². The highest BCUT2D eigenvalue weighted by molar-refractivity contribution is 5.82. The van der Waals surface area contributed by atoms with Gasteiger partial charge < -0.3 is 20.3 Å². The molecule has 1 aliphatic rings. The van der Waals surface area contributed by atoms with Crippen molar-refractivity contribution in [2.45, 2.75) is 33.3 Å². The van der Waals surface area contributed by atoms with Crippen LogP contribution in [0, 0.1) is 0 Å². The van der Waals surface area contributed by atoms with E-state index in [1.807, 2.05) is 39.8 Å². The van der Waals surface area contributed by atoms with Gasteiger partial charge in [0.15, 0.2) is 5.82 Å². The zero-order valence-corrected chi connectivity index (χ0v) is 15.4. The number of nitrogens with two attached hydrogens (primary N) is 1. The molecule has 1 amide bonds.